The fourth-order valence-electron chi connectivity index (χ4n) is 2.99. The van der Waals surface area contributed by atoms with Gasteiger partial charge >= 0.3 is 0 Å². The van der Waals surface area contributed by atoms with Gasteiger partial charge in [-0.3, -0.25) is 9.59 Å². The molecule has 3 aromatic rings. The first-order valence-electron chi connectivity index (χ1n) is 9.11. The molecule has 0 bridgehead atoms. The number of methoxy groups -OCH3 is 1. The summed E-state index contributed by atoms with van der Waals surface area (Å²) in [7, 11) is 1.60. The molecule has 1 aromatic heterocycles. The van der Waals surface area contributed by atoms with Crippen molar-refractivity contribution in [2.75, 3.05) is 18.6 Å². The number of rotatable bonds is 6. The molecule has 0 aliphatic rings. The molecule has 0 N–H and O–H groups in total. The van der Waals surface area contributed by atoms with Gasteiger partial charge in [0.25, 0.3) is 5.56 Å². The van der Waals surface area contributed by atoms with Gasteiger partial charge in [0.05, 0.1) is 12.8 Å². The highest BCUT2D eigenvalue weighted by molar-refractivity contribution is 5.93. The Labute approximate surface area is 164 Å². The maximum atomic E-state index is 12.8. The molecule has 6 heteroatoms. The third-order valence-corrected chi connectivity index (χ3v) is 4.47. The van der Waals surface area contributed by atoms with E-state index in [0.717, 1.165) is 22.6 Å². The van der Waals surface area contributed by atoms with Gasteiger partial charge < -0.3 is 9.64 Å². The summed E-state index contributed by atoms with van der Waals surface area (Å²) < 4.78 is 6.37. The zero-order valence-corrected chi connectivity index (χ0v) is 16.3. The number of benzene rings is 2. The van der Waals surface area contributed by atoms with Crippen LogP contribution in [-0.4, -0.2) is 29.3 Å². The van der Waals surface area contributed by atoms with Gasteiger partial charge in [0.1, 0.15) is 12.3 Å². The first-order chi connectivity index (χ1) is 13.5. The number of likely N-dealkylation sites (N-methyl/N-ethyl adjacent to an activating group) is 1. The molecule has 0 atom stereocenters. The second-order valence-electron chi connectivity index (χ2n) is 6.42. The quantitative estimate of drug-likeness (QED) is 0.661. The molecule has 6 nitrogen and oxygen atoms in total. The molecule has 0 fully saturated rings. The summed E-state index contributed by atoms with van der Waals surface area (Å²) >= 11 is 0. The van der Waals surface area contributed by atoms with E-state index < -0.39 is 0 Å². The summed E-state index contributed by atoms with van der Waals surface area (Å²) in [5, 5.41) is 4.38. The first kappa shape index (κ1) is 19.4. The zero-order chi connectivity index (χ0) is 20.1. The molecule has 1 amide bonds. The zero-order valence-electron chi connectivity index (χ0n) is 16.3. The largest absolute Gasteiger partial charge is 0.497 e. The van der Waals surface area contributed by atoms with Crippen molar-refractivity contribution in [3.05, 3.63) is 76.6 Å². The number of aromatic nitrogens is 2. The minimum absolute atomic E-state index is 0.120. The summed E-state index contributed by atoms with van der Waals surface area (Å²) in [5.74, 6) is 0.554. The normalized spacial score (nSPS) is 10.5. The maximum Gasteiger partial charge on any atom is 0.267 e. The number of aryl methyl sites for hydroxylation is 1. The lowest BCUT2D eigenvalue weighted by Crippen LogP contribution is -2.37. The van der Waals surface area contributed by atoms with Crippen molar-refractivity contribution in [2.24, 2.45) is 0 Å². The van der Waals surface area contributed by atoms with E-state index in [2.05, 4.69) is 5.10 Å². The Morgan fingerprint density at radius 1 is 1.11 bits per heavy atom. The molecule has 0 aliphatic carbocycles. The number of anilines is 1. The van der Waals surface area contributed by atoms with Crippen molar-refractivity contribution in [1.82, 2.24) is 9.78 Å². The molecule has 0 radical (unpaired) electrons. The Hall–Kier alpha value is -3.41. The summed E-state index contributed by atoms with van der Waals surface area (Å²) in [4.78, 5) is 26.8. The monoisotopic (exact) mass is 377 g/mol. The summed E-state index contributed by atoms with van der Waals surface area (Å²) in [6, 6.07) is 18.2. The predicted octanol–water partition coefficient (Wildman–Crippen LogP) is 3.28. The molecule has 3 rings (SSSR count). The molecule has 0 aliphatic heterocycles. The van der Waals surface area contributed by atoms with Gasteiger partial charge in [0, 0.05) is 23.9 Å². The topological polar surface area (TPSA) is 64.4 Å². The van der Waals surface area contributed by atoms with Crippen LogP contribution >= 0.6 is 0 Å². The lowest BCUT2D eigenvalue weighted by atomic mass is 10.1. The number of hydrogen-bond donors (Lipinski definition) is 0. The van der Waals surface area contributed by atoms with Crippen LogP contribution in [-0.2, 0) is 11.3 Å². The summed E-state index contributed by atoms with van der Waals surface area (Å²) in [5.41, 5.74) is 3.03. The van der Waals surface area contributed by atoms with Gasteiger partial charge in [-0.2, -0.15) is 5.10 Å². The number of carbonyl (C=O) groups excluding carboxylic acids is 1. The van der Waals surface area contributed by atoms with Crippen LogP contribution in [0.2, 0.25) is 0 Å². The Bertz CT molecular complexity index is 1030. The van der Waals surface area contributed by atoms with E-state index in [1.165, 1.54) is 10.7 Å². The number of ether oxygens (including phenoxy) is 1. The van der Waals surface area contributed by atoms with E-state index >= 15 is 0 Å². The van der Waals surface area contributed by atoms with Crippen molar-refractivity contribution in [3.63, 3.8) is 0 Å². The first-order valence-corrected chi connectivity index (χ1v) is 9.11. The molecule has 0 saturated heterocycles. The standard InChI is InChI=1S/C22H23N3O3/c1-4-24(18-7-5-6-16(2)14-18)22(27)15-25-21(26)13-12-20(23-25)17-8-10-19(28-3)11-9-17/h5-14H,4,15H2,1-3H3. The fraction of sp³-hybridized carbons (Fsp3) is 0.227. The molecule has 0 spiro atoms. The molecule has 28 heavy (non-hydrogen) atoms. The van der Waals surface area contributed by atoms with Gasteiger partial charge in [-0.15, -0.1) is 0 Å². The Morgan fingerprint density at radius 3 is 2.50 bits per heavy atom. The highest BCUT2D eigenvalue weighted by Gasteiger charge is 2.16. The summed E-state index contributed by atoms with van der Waals surface area (Å²) in [6.07, 6.45) is 0. The molecular formula is C22H23N3O3. The Kier molecular flexibility index (Phi) is 5.89. The fourth-order valence-corrected chi connectivity index (χ4v) is 2.99. The van der Waals surface area contributed by atoms with Crippen molar-refractivity contribution in [3.8, 4) is 17.0 Å². The van der Waals surface area contributed by atoms with E-state index in [0.29, 0.717) is 12.2 Å². The van der Waals surface area contributed by atoms with Crippen molar-refractivity contribution < 1.29 is 9.53 Å². The smallest absolute Gasteiger partial charge is 0.267 e. The highest BCUT2D eigenvalue weighted by atomic mass is 16.5. The van der Waals surface area contributed by atoms with Crippen molar-refractivity contribution >= 4 is 11.6 Å². The van der Waals surface area contributed by atoms with E-state index in [1.54, 1.807) is 18.1 Å². The predicted molar refractivity (Wildman–Crippen MR) is 110 cm³/mol. The number of carbonyl (C=O) groups is 1. The Morgan fingerprint density at radius 2 is 1.86 bits per heavy atom. The van der Waals surface area contributed by atoms with Crippen LogP contribution < -0.4 is 15.2 Å². The molecule has 0 unspecified atom stereocenters. The second kappa shape index (κ2) is 8.52. The molecule has 2 aromatic carbocycles. The number of nitrogens with zero attached hydrogens (tertiary/aromatic N) is 3. The van der Waals surface area contributed by atoms with E-state index in [-0.39, 0.29) is 18.0 Å². The van der Waals surface area contributed by atoms with Crippen LogP contribution in [0.15, 0.2) is 65.5 Å². The minimum Gasteiger partial charge on any atom is -0.497 e. The van der Waals surface area contributed by atoms with Crippen LogP contribution in [0.4, 0.5) is 5.69 Å². The van der Waals surface area contributed by atoms with Crippen molar-refractivity contribution in [1.29, 1.82) is 0 Å². The number of hydrogen-bond acceptors (Lipinski definition) is 4. The van der Waals surface area contributed by atoms with Gasteiger partial charge in [-0.25, -0.2) is 4.68 Å². The van der Waals surface area contributed by atoms with Crippen LogP contribution in [0, 0.1) is 6.92 Å². The van der Waals surface area contributed by atoms with Crippen molar-refractivity contribution in [2.45, 2.75) is 20.4 Å². The molecule has 144 valence electrons. The lowest BCUT2D eigenvalue weighted by Gasteiger charge is -2.21. The average Bonchev–Trinajstić information content (AvgIpc) is 2.70. The summed E-state index contributed by atoms with van der Waals surface area (Å²) in [6.45, 7) is 4.27. The van der Waals surface area contributed by atoms with E-state index in [1.807, 2.05) is 62.4 Å². The lowest BCUT2D eigenvalue weighted by molar-refractivity contribution is -0.119. The SMILES string of the molecule is CCN(C(=O)Cn1nc(-c2ccc(OC)cc2)ccc1=O)c1cccc(C)c1. The average molecular weight is 377 g/mol. The van der Waals surface area contributed by atoms with Gasteiger partial charge in [0.2, 0.25) is 5.91 Å². The minimum atomic E-state index is -0.314. The third kappa shape index (κ3) is 4.28. The highest BCUT2D eigenvalue weighted by Crippen LogP contribution is 2.20. The molecular weight excluding hydrogens is 354 g/mol. The molecule has 1 heterocycles. The van der Waals surface area contributed by atoms with Crippen LogP contribution in [0.3, 0.4) is 0 Å². The van der Waals surface area contributed by atoms with Gasteiger partial charge in [-0.05, 0) is 61.9 Å². The number of amides is 1. The second-order valence-corrected chi connectivity index (χ2v) is 6.42. The third-order valence-electron chi connectivity index (χ3n) is 4.47. The van der Waals surface area contributed by atoms with E-state index in [9.17, 15) is 9.59 Å². The maximum absolute atomic E-state index is 12.8. The van der Waals surface area contributed by atoms with Crippen LogP contribution in [0.1, 0.15) is 12.5 Å². The van der Waals surface area contributed by atoms with Gasteiger partial charge in [-0.1, -0.05) is 12.1 Å². The van der Waals surface area contributed by atoms with Gasteiger partial charge in [0.15, 0.2) is 0 Å². The molecule has 0 saturated carbocycles. The Balaban J connectivity index is 1.86. The van der Waals surface area contributed by atoms with E-state index in [4.69, 9.17) is 4.74 Å². The van der Waals surface area contributed by atoms with Crippen LogP contribution in [0.5, 0.6) is 5.75 Å². The van der Waals surface area contributed by atoms with Crippen LogP contribution in [0.25, 0.3) is 11.3 Å².